The van der Waals surface area contributed by atoms with Gasteiger partial charge in [-0.3, -0.25) is 4.79 Å². The highest BCUT2D eigenvalue weighted by molar-refractivity contribution is 5.82. The van der Waals surface area contributed by atoms with Crippen LogP contribution in [0.5, 0.6) is 0 Å². The molecule has 3 aromatic carbocycles. The maximum absolute atomic E-state index is 13.9. The van der Waals surface area contributed by atoms with Gasteiger partial charge in [0.05, 0.1) is 36.8 Å². The van der Waals surface area contributed by atoms with Crippen molar-refractivity contribution in [3.8, 4) is 17.2 Å². The second kappa shape index (κ2) is 9.58. The topological polar surface area (TPSA) is 65.4 Å². The lowest BCUT2D eigenvalue weighted by Gasteiger charge is -2.38. The summed E-state index contributed by atoms with van der Waals surface area (Å²) in [4.78, 5) is 15.9. The molecular weight excluding hydrogens is 410 g/mol. The number of amides is 1. The monoisotopic (exact) mass is 437 g/mol. The van der Waals surface area contributed by atoms with E-state index in [-0.39, 0.29) is 23.8 Å². The van der Waals surface area contributed by atoms with Gasteiger partial charge in [0.2, 0.25) is 5.91 Å². The SMILES string of the molecule is N#Cc1cccc(-c2ccccc2[C@@H]2CNC[C@H]2C(=O)N2CCOC[C@@H]2c2ccccc2)c1. The third-order valence-corrected chi connectivity index (χ3v) is 6.79. The summed E-state index contributed by atoms with van der Waals surface area (Å²) in [7, 11) is 0. The third kappa shape index (κ3) is 4.28. The number of benzene rings is 3. The van der Waals surface area contributed by atoms with Crippen LogP contribution in [0.15, 0.2) is 78.9 Å². The van der Waals surface area contributed by atoms with Crippen molar-refractivity contribution in [2.45, 2.75) is 12.0 Å². The number of carbonyl (C=O) groups is 1. The Morgan fingerprint density at radius 3 is 2.67 bits per heavy atom. The van der Waals surface area contributed by atoms with E-state index in [1.165, 1.54) is 0 Å². The van der Waals surface area contributed by atoms with E-state index in [1.807, 2.05) is 59.5 Å². The Morgan fingerprint density at radius 2 is 1.82 bits per heavy atom. The van der Waals surface area contributed by atoms with Crippen LogP contribution in [0.2, 0.25) is 0 Å². The molecule has 3 atom stereocenters. The standard InChI is InChI=1S/C28H27N3O2/c29-16-20-7-6-10-22(15-20)23-11-4-5-12-24(23)25-17-30-18-26(25)28(32)31-13-14-33-19-27(31)21-8-2-1-3-9-21/h1-12,15,25-27,30H,13-14,17-19H2/t25-,26+,27+/m0/s1. The van der Waals surface area contributed by atoms with Gasteiger partial charge in [0.1, 0.15) is 0 Å². The van der Waals surface area contributed by atoms with Crippen molar-refractivity contribution in [3.63, 3.8) is 0 Å². The molecule has 166 valence electrons. The van der Waals surface area contributed by atoms with E-state index in [0.717, 1.165) is 28.8 Å². The van der Waals surface area contributed by atoms with Crippen LogP contribution in [0.1, 0.15) is 28.7 Å². The molecule has 2 aliphatic heterocycles. The Hall–Kier alpha value is -3.46. The van der Waals surface area contributed by atoms with Crippen LogP contribution in [0.3, 0.4) is 0 Å². The normalized spacial score (nSPS) is 22.6. The minimum atomic E-state index is -0.144. The summed E-state index contributed by atoms with van der Waals surface area (Å²) in [6.45, 7) is 3.11. The van der Waals surface area contributed by atoms with Crippen molar-refractivity contribution >= 4 is 5.91 Å². The number of hydrogen-bond donors (Lipinski definition) is 1. The van der Waals surface area contributed by atoms with Crippen molar-refractivity contribution in [3.05, 3.63) is 95.6 Å². The van der Waals surface area contributed by atoms with Crippen LogP contribution in [-0.4, -0.2) is 43.7 Å². The molecule has 33 heavy (non-hydrogen) atoms. The molecule has 2 fully saturated rings. The summed E-state index contributed by atoms with van der Waals surface area (Å²) in [6.07, 6.45) is 0. The van der Waals surface area contributed by atoms with Crippen LogP contribution in [0.25, 0.3) is 11.1 Å². The Bertz CT molecular complexity index is 1170. The van der Waals surface area contributed by atoms with E-state index < -0.39 is 0 Å². The summed E-state index contributed by atoms with van der Waals surface area (Å²) in [5.74, 6) is 0.107. The van der Waals surface area contributed by atoms with Gasteiger partial charge in [0.25, 0.3) is 0 Å². The fourth-order valence-electron chi connectivity index (χ4n) is 5.14. The van der Waals surface area contributed by atoms with Gasteiger partial charge in [-0.25, -0.2) is 0 Å². The Morgan fingerprint density at radius 1 is 1.00 bits per heavy atom. The Labute approximate surface area is 194 Å². The van der Waals surface area contributed by atoms with Gasteiger partial charge in [-0.15, -0.1) is 0 Å². The fraction of sp³-hybridized carbons (Fsp3) is 0.286. The van der Waals surface area contributed by atoms with Crippen LogP contribution < -0.4 is 5.32 Å². The van der Waals surface area contributed by atoms with Crippen molar-refractivity contribution in [1.29, 1.82) is 5.26 Å². The van der Waals surface area contributed by atoms with Crippen molar-refractivity contribution in [2.24, 2.45) is 5.92 Å². The molecule has 5 heteroatoms. The number of nitrogens with one attached hydrogen (secondary N) is 1. The maximum Gasteiger partial charge on any atom is 0.228 e. The Balaban J connectivity index is 1.46. The highest BCUT2D eigenvalue weighted by Gasteiger charge is 2.40. The Kier molecular flexibility index (Phi) is 6.21. The zero-order valence-electron chi connectivity index (χ0n) is 18.5. The van der Waals surface area contributed by atoms with Crippen molar-refractivity contribution in [2.75, 3.05) is 32.8 Å². The lowest BCUT2D eigenvalue weighted by molar-refractivity contribution is -0.144. The zero-order valence-corrected chi connectivity index (χ0v) is 18.5. The predicted octanol–water partition coefficient (Wildman–Crippen LogP) is 4.13. The molecule has 2 aliphatic rings. The molecule has 1 N–H and O–H groups in total. The van der Waals surface area contributed by atoms with E-state index in [2.05, 4.69) is 35.7 Å². The first kappa shape index (κ1) is 21.4. The number of ether oxygens (including phenoxy) is 1. The molecule has 5 nitrogen and oxygen atoms in total. The first-order valence-electron chi connectivity index (χ1n) is 11.5. The van der Waals surface area contributed by atoms with Gasteiger partial charge in [-0.05, 0) is 34.4 Å². The van der Waals surface area contributed by atoms with Crippen LogP contribution in [0.4, 0.5) is 0 Å². The number of carbonyl (C=O) groups excluding carboxylic acids is 1. The van der Waals surface area contributed by atoms with Crippen LogP contribution >= 0.6 is 0 Å². The van der Waals surface area contributed by atoms with E-state index >= 15 is 0 Å². The van der Waals surface area contributed by atoms with Crippen LogP contribution in [0, 0.1) is 17.2 Å². The molecular formula is C28H27N3O2. The van der Waals surface area contributed by atoms with Crippen LogP contribution in [-0.2, 0) is 9.53 Å². The van der Waals surface area contributed by atoms with Gasteiger partial charge >= 0.3 is 0 Å². The van der Waals surface area contributed by atoms with Crippen molar-refractivity contribution in [1.82, 2.24) is 10.2 Å². The first-order chi connectivity index (χ1) is 16.3. The average Bonchev–Trinajstić information content (AvgIpc) is 3.39. The molecule has 2 heterocycles. The maximum atomic E-state index is 13.9. The second-order valence-electron chi connectivity index (χ2n) is 8.68. The lowest BCUT2D eigenvalue weighted by atomic mass is 9.83. The number of nitrogens with zero attached hydrogens (tertiary/aromatic N) is 2. The molecule has 0 bridgehead atoms. The summed E-state index contributed by atoms with van der Waals surface area (Å²) >= 11 is 0. The quantitative estimate of drug-likeness (QED) is 0.667. The smallest absolute Gasteiger partial charge is 0.228 e. The molecule has 1 amide bonds. The summed E-state index contributed by atoms with van der Waals surface area (Å²) in [6, 6.07) is 28.3. The summed E-state index contributed by atoms with van der Waals surface area (Å²) < 4.78 is 5.75. The van der Waals surface area contributed by atoms with E-state index in [0.29, 0.717) is 31.9 Å². The number of nitriles is 1. The highest BCUT2D eigenvalue weighted by Crippen LogP contribution is 2.38. The molecule has 0 spiro atoms. The second-order valence-corrected chi connectivity index (χ2v) is 8.68. The van der Waals surface area contributed by atoms with Gasteiger partial charge < -0.3 is 15.0 Å². The highest BCUT2D eigenvalue weighted by atomic mass is 16.5. The van der Waals surface area contributed by atoms with Crippen molar-refractivity contribution < 1.29 is 9.53 Å². The third-order valence-electron chi connectivity index (χ3n) is 6.79. The molecule has 0 radical (unpaired) electrons. The number of rotatable bonds is 4. The van der Waals surface area contributed by atoms with Gasteiger partial charge in [0.15, 0.2) is 0 Å². The molecule has 5 rings (SSSR count). The lowest BCUT2D eigenvalue weighted by Crippen LogP contribution is -2.47. The van der Waals surface area contributed by atoms with Gasteiger partial charge in [0, 0.05) is 25.6 Å². The summed E-state index contributed by atoms with van der Waals surface area (Å²) in [5.41, 5.74) is 5.00. The zero-order chi connectivity index (χ0) is 22.6. The molecule has 3 aromatic rings. The minimum absolute atomic E-state index is 0.0590. The molecule has 2 saturated heterocycles. The molecule has 0 saturated carbocycles. The number of morpholine rings is 1. The fourth-order valence-corrected chi connectivity index (χ4v) is 5.14. The van der Waals surface area contributed by atoms with E-state index in [1.54, 1.807) is 0 Å². The summed E-state index contributed by atoms with van der Waals surface area (Å²) in [5, 5.41) is 12.8. The minimum Gasteiger partial charge on any atom is -0.377 e. The number of hydrogen-bond acceptors (Lipinski definition) is 4. The molecule has 0 aliphatic carbocycles. The molecule has 0 unspecified atom stereocenters. The van der Waals surface area contributed by atoms with E-state index in [9.17, 15) is 10.1 Å². The van der Waals surface area contributed by atoms with Gasteiger partial charge in [-0.2, -0.15) is 5.26 Å². The van der Waals surface area contributed by atoms with E-state index in [4.69, 9.17) is 4.74 Å². The predicted molar refractivity (Wildman–Crippen MR) is 127 cm³/mol. The van der Waals surface area contributed by atoms with Gasteiger partial charge in [-0.1, -0.05) is 66.7 Å². The first-order valence-corrected chi connectivity index (χ1v) is 11.5. The largest absolute Gasteiger partial charge is 0.377 e. The molecule has 0 aromatic heterocycles. The average molecular weight is 438 g/mol.